The van der Waals surface area contributed by atoms with Crippen LogP contribution in [0.1, 0.15) is 44.2 Å². The van der Waals surface area contributed by atoms with Gasteiger partial charge in [-0.05, 0) is 63.2 Å². The molecule has 4 bridgehead atoms. The smallest absolute Gasteiger partial charge is 0.227 e. The van der Waals surface area contributed by atoms with Crippen LogP contribution >= 0.6 is 0 Å². The van der Waals surface area contributed by atoms with Crippen LogP contribution in [0.15, 0.2) is 6.07 Å². The Labute approximate surface area is 185 Å². The van der Waals surface area contributed by atoms with Crippen LogP contribution in [0.25, 0.3) is 0 Å². The molecule has 0 aromatic carbocycles. The molecule has 1 aliphatic heterocycles. The van der Waals surface area contributed by atoms with Crippen molar-refractivity contribution in [2.75, 3.05) is 28.6 Å². The molecule has 10 heteroatoms. The van der Waals surface area contributed by atoms with Gasteiger partial charge in [-0.1, -0.05) is 0 Å². The van der Waals surface area contributed by atoms with E-state index in [-0.39, 0.29) is 17.7 Å². The van der Waals surface area contributed by atoms with Gasteiger partial charge in [0.2, 0.25) is 11.8 Å². The third kappa shape index (κ3) is 3.49. The van der Waals surface area contributed by atoms with E-state index in [1.54, 1.807) is 11.0 Å². The number of nitrogens with zero attached hydrogens (tertiary/aromatic N) is 4. The molecule has 172 valence electrons. The average Bonchev–Trinajstić information content (AvgIpc) is 3.33. The van der Waals surface area contributed by atoms with Gasteiger partial charge in [0.15, 0.2) is 17.5 Å². The highest BCUT2D eigenvalue weighted by Gasteiger charge is 2.54. The Balaban J connectivity index is 1.32. The number of rotatable bonds is 5. The van der Waals surface area contributed by atoms with Gasteiger partial charge in [-0.3, -0.25) is 5.10 Å². The lowest BCUT2D eigenvalue weighted by atomic mass is 9.52. The SMILES string of the molecule is Cc1cc(Nc2nc(NC3[C@@H]4CC5C[C@@H]3CC(O)(C5)C4)nc(N3CC[C@@H](O)C3)c2F)n[nH]1. The number of β-amino-alcohol motifs (C(OH)–C–C–N with tert-alkyl or cyclic N) is 1. The highest BCUT2D eigenvalue weighted by atomic mass is 19.1. The molecule has 5 fully saturated rings. The molecule has 3 heterocycles. The van der Waals surface area contributed by atoms with Gasteiger partial charge >= 0.3 is 0 Å². The number of aromatic nitrogens is 4. The lowest BCUT2D eigenvalue weighted by molar-refractivity contribution is -0.129. The van der Waals surface area contributed by atoms with Crippen LogP contribution in [0.3, 0.4) is 0 Å². The minimum Gasteiger partial charge on any atom is -0.391 e. The summed E-state index contributed by atoms with van der Waals surface area (Å²) >= 11 is 0. The van der Waals surface area contributed by atoms with Gasteiger partial charge in [-0.25, -0.2) is 0 Å². The molecule has 0 radical (unpaired) electrons. The summed E-state index contributed by atoms with van der Waals surface area (Å²) in [5.74, 6) is 1.92. The average molecular weight is 444 g/mol. The lowest BCUT2D eigenvalue weighted by Gasteiger charge is -2.58. The lowest BCUT2D eigenvalue weighted by Crippen LogP contribution is -2.59. The predicted molar refractivity (Wildman–Crippen MR) is 117 cm³/mol. The Bertz CT molecular complexity index is 1010. The van der Waals surface area contributed by atoms with E-state index in [4.69, 9.17) is 0 Å². The summed E-state index contributed by atoms with van der Waals surface area (Å²) in [5.41, 5.74) is 0.342. The molecular weight excluding hydrogens is 413 g/mol. The van der Waals surface area contributed by atoms with E-state index in [0.717, 1.165) is 37.8 Å². The monoisotopic (exact) mass is 443 g/mol. The van der Waals surface area contributed by atoms with Crippen molar-refractivity contribution in [2.45, 2.75) is 63.2 Å². The normalized spacial score (nSPS) is 35.5. The van der Waals surface area contributed by atoms with Crippen molar-refractivity contribution in [1.82, 2.24) is 20.2 Å². The zero-order chi connectivity index (χ0) is 22.0. The number of hydrogen-bond acceptors (Lipinski definition) is 8. The van der Waals surface area contributed by atoms with Gasteiger partial charge in [-0.2, -0.15) is 19.5 Å². The molecule has 0 spiro atoms. The predicted octanol–water partition coefficient (Wildman–Crippen LogP) is 2.31. The Hall–Kier alpha value is -2.46. The number of hydrogen-bond donors (Lipinski definition) is 5. The highest BCUT2D eigenvalue weighted by Crippen LogP contribution is 2.56. The Morgan fingerprint density at radius 3 is 2.62 bits per heavy atom. The number of aryl methyl sites for hydroxylation is 1. The number of nitrogens with one attached hydrogen (secondary N) is 3. The first kappa shape index (κ1) is 20.2. The molecule has 5 N–H and O–H groups in total. The largest absolute Gasteiger partial charge is 0.391 e. The van der Waals surface area contributed by atoms with Gasteiger partial charge in [0, 0.05) is 30.9 Å². The molecule has 32 heavy (non-hydrogen) atoms. The number of anilines is 4. The van der Waals surface area contributed by atoms with E-state index < -0.39 is 17.5 Å². The minimum atomic E-state index is -0.551. The van der Waals surface area contributed by atoms with Crippen LogP contribution in [0.2, 0.25) is 0 Å². The first-order chi connectivity index (χ1) is 15.3. The Morgan fingerprint density at radius 2 is 2.00 bits per heavy atom. The molecule has 0 amide bonds. The second-order valence-electron chi connectivity index (χ2n) is 10.3. The van der Waals surface area contributed by atoms with Crippen LogP contribution in [0, 0.1) is 30.5 Å². The van der Waals surface area contributed by atoms with Crippen molar-refractivity contribution in [3.63, 3.8) is 0 Å². The Kier molecular flexibility index (Phi) is 4.59. The third-order valence-corrected chi connectivity index (χ3v) is 7.79. The van der Waals surface area contributed by atoms with Gasteiger partial charge in [0.05, 0.1) is 11.7 Å². The summed E-state index contributed by atoms with van der Waals surface area (Å²) in [5, 5.41) is 34.3. The van der Waals surface area contributed by atoms with Crippen molar-refractivity contribution in [3.8, 4) is 0 Å². The van der Waals surface area contributed by atoms with E-state index in [2.05, 4.69) is 30.8 Å². The zero-order valence-corrected chi connectivity index (χ0v) is 18.2. The zero-order valence-electron chi connectivity index (χ0n) is 18.2. The fourth-order valence-electron chi connectivity index (χ4n) is 6.70. The molecule has 4 saturated carbocycles. The number of halogens is 1. The van der Waals surface area contributed by atoms with Crippen molar-refractivity contribution in [1.29, 1.82) is 0 Å². The molecule has 2 aromatic heterocycles. The van der Waals surface area contributed by atoms with Crippen molar-refractivity contribution in [2.24, 2.45) is 17.8 Å². The maximum atomic E-state index is 15.4. The molecule has 2 aromatic rings. The second kappa shape index (κ2) is 7.28. The van der Waals surface area contributed by atoms with Gasteiger partial charge in [-0.15, -0.1) is 0 Å². The van der Waals surface area contributed by atoms with Gasteiger partial charge < -0.3 is 25.7 Å². The van der Waals surface area contributed by atoms with Crippen molar-refractivity contribution < 1.29 is 14.6 Å². The van der Waals surface area contributed by atoms with Crippen molar-refractivity contribution in [3.05, 3.63) is 17.6 Å². The molecular formula is C22H30FN7O2. The number of aliphatic hydroxyl groups is 2. The summed E-state index contributed by atoms with van der Waals surface area (Å²) in [6.07, 6.45) is 4.86. The van der Waals surface area contributed by atoms with Crippen LogP contribution in [0.5, 0.6) is 0 Å². The number of aromatic amines is 1. The number of H-pyrrole nitrogens is 1. The van der Waals surface area contributed by atoms with Crippen molar-refractivity contribution >= 4 is 23.4 Å². The first-order valence-electron chi connectivity index (χ1n) is 11.6. The van der Waals surface area contributed by atoms with E-state index in [1.807, 2.05) is 6.92 Å². The molecule has 0 unspecified atom stereocenters. The molecule has 9 nitrogen and oxygen atoms in total. The van der Waals surface area contributed by atoms with Crippen LogP contribution in [0.4, 0.5) is 27.8 Å². The maximum absolute atomic E-state index is 15.4. The van der Waals surface area contributed by atoms with E-state index in [1.165, 1.54) is 0 Å². The standard InChI is InChI=1S/C22H30FN7O2/c1-11-4-16(29-28-11)24-19-17(23)20(30-3-2-15(31)10-30)27-21(26-19)25-18-13-5-12-6-14(18)9-22(32,7-12)8-13/h4,12-15,18,31-32H,2-3,5-10H2,1H3,(H3,24,25,26,27,28,29)/t12?,13-,14-,15-,18?,22?/m1/s1. The van der Waals surface area contributed by atoms with Crippen LogP contribution in [-0.2, 0) is 0 Å². The summed E-state index contributed by atoms with van der Waals surface area (Å²) in [6.45, 7) is 2.76. The summed E-state index contributed by atoms with van der Waals surface area (Å²) in [6, 6.07) is 1.96. The van der Waals surface area contributed by atoms with Gasteiger partial charge in [0.25, 0.3) is 0 Å². The first-order valence-corrected chi connectivity index (χ1v) is 11.6. The molecule has 1 saturated heterocycles. The Morgan fingerprint density at radius 1 is 1.22 bits per heavy atom. The molecule has 5 aliphatic rings. The summed E-state index contributed by atoms with van der Waals surface area (Å²) in [4.78, 5) is 10.8. The highest BCUT2D eigenvalue weighted by molar-refractivity contribution is 5.61. The van der Waals surface area contributed by atoms with E-state index >= 15 is 4.39 Å². The maximum Gasteiger partial charge on any atom is 0.227 e. The van der Waals surface area contributed by atoms with E-state index in [0.29, 0.717) is 49.0 Å². The quantitative estimate of drug-likeness (QED) is 0.477. The number of aliphatic hydroxyl groups excluding tert-OH is 1. The third-order valence-electron chi connectivity index (χ3n) is 7.79. The molecule has 4 aliphatic carbocycles. The second-order valence-corrected chi connectivity index (χ2v) is 10.3. The minimum absolute atomic E-state index is 0.0628. The summed E-state index contributed by atoms with van der Waals surface area (Å²) in [7, 11) is 0. The molecule has 3 atom stereocenters. The fourth-order valence-corrected chi connectivity index (χ4v) is 6.70. The fraction of sp³-hybridized carbons (Fsp3) is 0.682. The molecule has 7 rings (SSSR count). The topological polar surface area (TPSA) is 122 Å². The van der Waals surface area contributed by atoms with Crippen LogP contribution in [-0.4, -0.2) is 61.2 Å². The van der Waals surface area contributed by atoms with Gasteiger partial charge in [0.1, 0.15) is 0 Å². The summed E-state index contributed by atoms with van der Waals surface area (Å²) < 4.78 is 15.4. The van der Waals surface area contributed by atoms with Crippen LogP contribution < -0.4 is 15.5 Å². The van der Waals surface area contributed by atoms with E-state index in [9.17, 15) is 10.2 Å².